The van der Waals surface area contributed by atoms with Crippen LogP contribution >= 0.6 is 0 Å². The molecular formula is C18H22N4O3. The van der Waals surface area contributed by atoms with Crippen molar-refractivity contribution in [2.24, 2.45) is 0 Å². The summed E-state index contributed by atoms with van der Waals surface area (Å²) in [5, 5.41) is 10.3. The van der Waals surface area contributed by atoms with E-state index in [9.17, 15) is 9.59 Å². The van der Waals surface area contributed by atoms with E-state index in [1.54, 1.807) is 11.8 Å². The number of anilines is 1. The topological polar surface area (TPSA) is 88.3 Å². The third kappa shape index (κ3) is 3.55. The molecule has 7 heteroatoms. The fraction of sp³-hybridized carbons (Fsp3) is 0.444. The molecule has 1 N–H and O–H groups in total. The molecule has 1 atom stereocenters. The highest BCUT2D eigenvalue weighted by Crippen LogP contribution is 2.30. The van der Waals surface area contributed by atoms with Gasteiger partial charge in [0.1, 0.15) is 12.5 Å². The molecule has 1 aliphatic heterocycles. The Kier molecular flexibility index (Phi) is 4.57. The van der Waals surface area contributed by atoms with E-state index < -0.39 is 6.04 Å². The van der Waals surface area contributed by atoms with Crippen LogP contribution in [0.5, 0.6) is 0 Å². The molecule has 1 unspecified atom stereocenters. The first-order chi connectivity index (χ1) is 11.8. The predicted octanol–water partition coefficient (Wildman–Crippen LogP) is 1.77. The van der Waals surface area contributed by atoms with Gasteiger partial charge in [-0.3, -0.25) is 9.59 Å². The Morgan fingerprint density at radius 2 is 1.92 bits per heavy atom. The number of nitrogens with one attached hydrogen (secondary N) is 1. The van der Waals surface area contributed by atoms with Crippen LogP contribution in [-0.2, 0) is 16.0 Å². The third-order valence-electron chi connectivity index (χ3n) is 4.33. The summed E-state index contributed by atoms with van der Waals surface area (Å²) in [5.74, 6) is 0.296. The molecule has 0 spiro atoms. The largest absolute Gasteiger partial charge is 0.425 e. The van der Waals surface area contributed by atoms with Crippen molar-refractivity contribution >= 4 is 17.5 Å². The zero-order chi connectivity index (χ0) is 18.1. The number of carbonyl (C=O) groups is 2. The molecule has 1 aromatic heterocycles. The van der Waals surface area contributed by atoms with Gasteiger partial charge < -0.3 is 14.6 Å². The van der Waals surface area contributed by atoms with Crippen LogP contribution in [0.4, 0.5) is 5.69 Å². The van der Waals surface area contributed by atoms with Crippen molar-refractivity contribution in [1.29, 1.82) is 0 Å². The first kappa shape index (κ1) is 17.1. The standard InChI is InChI=1S/C18H22N4O3/c1-10-7-11(2)17(12(3)8-10)22-6-5-14(18(22)24)19-15(23)9-16-21-20-13(4)25-16/h7-8,14H,5-6,9H2,1-4H3,(H,19,23). The molecule has 2 amide bonds. The Bertz CT molecular complexity index is 804. The van der Waals surface area contributed by atoms with E-state index >= 15 is 0 Å². The van der Waals surface area contributed by atoms with Gasteiger partial charge in [-0.05, 0) is 38.3 Å². The molecule has 1 aromatic carbocycles. The van der Waals surface area contributed by atoms with E-state index in [1.165, 1.54) is 5.56 Å². The fourth-order valence-electron chi connectivity index (χ4n) is 3.43. The van der Waals surface area contributed by atoms with Gasteiger partial charge in [-0.2, -0.15) is 0 Å². The maximum atomic E-state index is 12.7. The van der Waals surface area contributed by atoms with Crippen molar-refractivity contribution in [2.75, 3.05) is 11.4 Å². The van der Waals surface area contributed by atoms with Crippen LogP contribution in [0.2, 0.25) is 0 Å². The van der Waals surface area contributed by atoms with Crippen LogP contribution in [0.25, 0.3) is 0 Å². The van der Waals surface area contributed by atoms with Crippen molar-refractivity contribution in [3.05, 3.63) is 40.6 Å². The molecule has 1 aliphatic rings. The molecule has 0 radical (unpaired) electrons. The minimum Gasteiger partial charge on any atom is -0.425 e. The SMILES string of the molecule is Cc1cc(C)c(N2CCC(NC(=O)Cc3nnc(C)o3)C2=O)c(C)c1. The first-order valence-electron chi connectivity index (χ1n) is 8.32. The Hall–Kier alpha value is -2.70. The van der Waals surface area contributed by atoms with Gasteiger partial charge in [-0.1, -0.05) is 17.7 Å². The zero-order valence-corrected chi connectivity index (χ0v) is 14.9. The first-order valence-corrected chi connectivity index (χ1v) is 8.32. The van der Waals surface area contributed by atoms with Crippen LogP contribution in [0.15, 0.2) is 16.5 Å². The van der Waals surface area contributed by atoms with Gasteiger partial charge >= 0.3 is 0 Å². The number of benzene rings is 1. The van der Waals surface area contributed by atoms with Gasteiger partial charge in [-0.25, -0.2) is 0 Å². The average Bonchev–Trinajstić information content (AvgIpc) is 3.06. The second-order valence-electron chi connectivity index (χ2n) is 6.54. The lowest BCUT2D eigenvalue weighted by atomic mass is 10.0. The number of amides is 2. The number of aryl methyl sites for hydroxylation is 4. The summed E-state index contributed by atoms with van der Waals surface area (Å²) in [5.41, 5.74) is 4.25. The fourth-order valence-corrected chi connectivity index (χ4v) is 3.43. The van der Waals surface area contributed by atoms with Gasteiger partial charge in [-0.15, -0.1) is 10.2 Å². The number of aromatic nitrogens is 2. The second-order valence-corrected chi connectivity index (χ2v) is 6.54. The lowest BCUT2D eigenvalue weighted by Gasteiger charge is -2.22. The summed E-state index contributed by atoms with van der Waals surface area (Å²) in [6.07, 6.45) is 0.563. The van der Waals surface area contributed by atoms with Gasteiger partial charge in [0.15, 0.2) is 0 Å². The Balaban J connectivity index is 1.69. The molecule has 0 saturated carbocycles. The quantitative estimate of drug-likeness (QED) is 0.915. The highest BCUT2D eigenvalue weighted by atomic mass is 16.4. The summed E-state index contributed by atoms with van der Waals surface area (Å²) in [6, 6.07) is 3.62. The van der Waals surface area contributed by atoms with Crippen molar-refractivity contribution in [3.63, 3.8) is 0 Å². The summed E-state index contributed by atoms with van der Waals surface area (Å²) in [6.45, 7) is 8.31. The van der Waals surface area contributed by atoms with Gasteiger partial charge in [0, 0.05) is 19.2 Å². The molecule has 3 rings (SSSR count). The summed E-state index contributed by atoms with van der Waals surface area (Å²) in [4.78, 5) is 26.7. The monoisotopic (exact) mass is 342 g/mol. The van der Waals surface area contributed by atoms with E-state index in [0.717, 1.165) is 16.8 Å². The van der Waals surface area contributed by atoms with Crippen LogP contribution in [0.3, 0.4) is 0 Å². The lowest BCUT2D eigenvalue weighted by molar-refractivity contribution is -0.126. The molecule has 0 aliphatic carbocycles. The molecule has 7 nitrogen and oxygen atoms in total. The molecule has 25 heavy (non-hydrogen) atoms. The molecule has 0 bridgehead atoms. The van der Waals surface area contributed by atoms with E-state index in [1.807, 2.05) is 20.8 Å². The summed E-state index contributed by atoms with van der Waals surface area (Å²) < 4.78 is 5.20. The predicted molar refractivity (Wildman–Crippen MR) is 92.3 cm³/mol. The van der Waals surface area contributed by atoms with Gasteiger partial charge in [0.05, 0.1) is 0 Å². The van der Waals surface area contributed by atoms with E-state index in [4.69, 9.17) is 4.42 Å². The van der Waals surface area contributed by atoms with Crippen LogP contribution in [-0.4, -0.2) is 34.6 Å². The van der Waals surface area contributed by atoms with E-state index in [-0.39, 0.29) is 24.1 Å². The average molecular weight is 342 g/mol. The van der Waals surface area contributed by atoms with Crippen molar-refractivity contribution in [3.8, 4) is 0 Å². The molecule has 132 valence electrons. The van der Waals surface area contributed by atoms with E-state index in [0.29, 0.717) is 18.9 Å². The van der Waals surface area contributed by atoms with Crippen molar-refractivity contribution in [1.82, 2.24) is 15.5 Å². The molecular weight excluding hydrogens is 320 g/mol. The van der Waals surface area contributed by atoms with E-state index in [2.05, 4.69) is 27.6 Å². The zero-order valence-electron chi connectivity index (χ0n) is 14.9. The minimum atomic E-state index is -0.517. The van der Waals surface area contributed by atoms with Crippen LogP contribution < -0.4 is 10.2 Å². The molecule has 2 heterocycles. The number of carbonyl (C=O) groups excluding carboxylic acids is 2. The number of rotatable bonds is 4. The Morgan fingerprint density at radius 3 is 2.52 bits per heavy atom. The number of hydrogen-bond acceptors (Lipinski definition) is 5. The Labute approximate surface area is 146 Å². The highest BCUT2D eigenvalue weighted by molar-refractivity contribution is 6.02. The van der Waals surface area contributed by atoms with Crippen LogP contribution in [0, 0.1) is 27.7 Å². The summed E-state index contributed by atoms with van der Waals surface area (Å²) in [7, 11) is 0. The molecule has 1 saturated heterocycles. The number of hydrogen-bond donors (Lipinski definition) is 1. The molecule has 1 fully saturated rings. The second kappa shape index (κ2) is 6.66. The normalized spacial score (nSPS) is 17.2. The lowest BCUT2D eigenvalue weighted by Crippen LogP contribution is -2.42. The third-order valence-corrected chi connectivity index (χ3v) is 4.33. The minimum absolute atomic E-state index is 0.0206. The highest BCUT2D eigenvalue weighted by Gasteiger charge is 2.35. The van der Waals surface area contributed by atoms with Crippen LogP contribution in [0.1, 0.15) is 34.9 Å². The smallest absolute Gasteiger partial charge is 0.249 e. The van der Waals surface area contributed by atoms with Gasteiger partial charge in [0.25, 0.3) is 0 Å². The Morgan fingerprint density at radius 1 is 1.24 bits per heavy atom. The van der Waals surface area contributed by atoms with Crippen molar-refractivity contribution in [2.45, 2.75) is 46.6 Å². The van der Waals surface area contributed by atoms with Gasteiger partial charge in [0.2, 0.25) is 23.6 Å². The van der Waals surface area contributed by atoms with Crippen molar-refractivity contribution < 1.29 is 14.0 Å². The maximum absolute atomic E-state index is 12.7. The maximum Gasteiger partial charge on any atom is 0.249 e. The molecule has 2 aromatic rings. The summed E-state index contributed by atoms with van der Waals surface area (Å²) >= 11 is 0. The number of nitrogens with zero attached hydrogens (tertiary/aromatic N) is 3.